The lowest BCUT2D eigenvalue weighted by atomic mass is 9.83. The highest BCUT2D eigenvalue weighted by Crippen LogP contribution is 2.27. The molecule has 0 aromatic carbocycles. The van der Waals surface area contributed by atoms with Crippen LogP contribution in [0.25, 0.3) is 0 Å². The van der Waals surface area contributed by atoms with Gasteiger partial charge in [0.2, 0.25) is 0 Å². The highest BCUT2D eigenvalue weighted by molar-refractivity contribution is 4.84. The van der Waals surface area contributed by atoms with E-state index in [2.05, 4.69) is 10.2 Å². The highest BCUT2D eigenvalue weighted by atomic mass is 19.4. The molecular weight excluding hydrogens is 281 g/mol. The Labute approximate surface area is 125 Å². The molecule has 124 valence electrons. The molecule has 0 radical (unpaired) electrons. The van der Waals surface area contributed by atoms with Crippen molar-refractivity contribution < 1.29 is 17.9 Å². The third-order valence-electron chi connectivity index (χ3n) is 4.55. The van der Waals surface area contributed by atoms with Crippen LogP contribution in [0.2, 0.25) is 0 Å². The highest BCUT2D eigenvalue weighted by Gasteiger charge is 2.28. The first kappa shape index (κ1) is 17.0. The molecule has 1 heterocycles. The Morgan fingerprint density at radius 1 is 1.10 bits per heavy atom. The second kappa shape index (κ2) is 8.34. The summed E-state index contributed by atoms with van der Waals surface area (Å²) in [5, 5.41) is 3.63. The fourth-order valence-electron chi connectivity index (χ4n) is 3.46. The molecule has 1 aliphatic heterocycles. The van der Waals surface area contributed by atoms with Crippen molar-refractivity contribution in [1.82, 2.24) is 10.2 Å². The first-order valence-electron chi connectivity index (χ1n) is 8.15. The molecule has 1 N–H and O–H groups in total. The quantitative estimate of drug-likeness (QED) is 0.791. The molecule has 0 aromatic heterocycles. The van der Waals surface area contributed by atoms with E-state index in [-0.39, 0.29) is 6.61 Å². The number of halogens is 3. The van der Waals surface area contributed by atoms with Crippen LogP contribution in [-0.2, 0) is 4.74 Å². The average Bonchev–Trinajstić information content (AvgIpc) is 2.69. The van der Waals surface area contributed by atoms with Crippen molar-refractivity contribution in [1.29, 1.82) is 0 Å². The Hall–Kier alpha value is -0.330. The minimum Gasteiger partial charge on any atom is -0.371 e. The van der Waals surface area contributed by atoms with Crippen molar-refractivity contribution in [2.45, 2.75) is 50.7 Å². The number of hydrogen-bond acceptors (Lipinski definition) is 3. The van der Waals surface area contributed by atoms with Gasteiger partial charge >= 0.3 is 6.18 Å². The van der Waals surface area contributed by atoms with Gasteiger partial charge in [-0.15, -0.1) is 0 Å². The van der Waals surface area contributed by atoms with Gasteiger partial charge in [0.1, 0.15) is 6.61 Å². The molecular formula is C15H27F3N2O. The zero-order valence-electron chi connectivity index (χ0n) is 12.6. The number of rotatable bonds is 5. The Bertz CT molecular complexity index is 293. The molecule has 1 atom stereocenters. The summed E-state index contributed by atoms with van der Waals surface area (Å²) in [6.07, 6.45) is 3.40. The molecule has 0 amide bonds. The van der Waals surface area contributed by atoms with Crippen LogP contribution in [0, 0.1) is 5.92 Å². The van der Waals surface area contributed by atoms with E-state index in [0.717, 1.165) is 32.0 Å². The van der Waals surface area contributed by atoms with Gasteiger partial charge in [0, 0.05) is 19.1 Å². The van der Waals surface area contributed by atoms with Gasteiger partial charge in [0.15, 0.2) is 0 Å². The Morgan fingerprint density at radius 2 is 1.86 bits per heavy atom. The summed E-state index contributed by atoms with van der Waals surface area (Å²) in [5.41, 5.74) is 0. The normalized spacial score (nSPS) is 26.7. The third-order valence-corrected chi connectivity index (χ3v) is 4.55. The molecule has 0 bridgehead atoms. The van der Waals surface area contributed by atoms with Gasteiger partial charge in [-0.3, -0.25) is 4.90 Å². The monoisotopic (exact) mass is 308 g/mol. The van der Waals surface area contributed by atoms with Gasteiger partial charge in [0.05, 0.1) is 6.61 Å². The Kier molecular flexibility index (Phi) is 6.76. The maximum atomic E-state index is 12.0. The average molecular weight is 308 g/mol. The Balaban J connectivity index is 1.71. The van der Waals surface area contributed by atoms with Crippen molar-refractivity contribution in [2.24, 2.45) is 5.92 Å². The second-order valence-electron chi connectivity index (χ2n) is 6.28. The first-order valence-corrected chi connectivity index (χ1v) is 8.15. The van der Waals surface area contributed by atoms with Crippen molar-refractivity contribution >= 4 is 0 Å². The van der Waals surface area contributed by atoms with Gasteiger partial charge in [-0.2, -0.15) is 13.2 Å². The van der Waals surface area contributed by atoms with Crippen LogP contribution in [0.4, 0.5) is 13.2 Å². The van der Waals surface area contributed by atoms with Crippen LogP contribution < -0.4 is 5.32 Å². The van der Waals surface area contributed by atoms with E-state index in [9.17, 15) is 13.2 Å². The summed E-state index contributed by atoms with van der Waals surface area (Å²) < 4.78 is 40.9. The number of nitrogens with zero attached hydrogens (tertiary/aromatic N) is 1. The van der Waals surface area contributed by atoms with Crippen LogP contribution in [0.15, 0.2) is 0 Å². The molecule has 1 saturated heterocycles. The van der Waals surface area contributed by atoms with E-state index in [1.165, 1.54) is 32.1 Å². The molecule has 2 aliphatic rings. The zero-order chi connectivity index (χ0) is 15.1. The van der Waals surface area contributed by atoms with Crippen LogP contribution >= 0.6 is 0 Å². The maximum absolute atomic E-state index is 12.0. The van der Waals surface area contributed by atoms with E-state index in [1.54, 1.807) is 0 Å². The smallest absolute Gasteiger partial charge is 0.371 e. The SMILES string of the molecule is FC(F)(F)COCCN1CCCNC(C2CCCCC2)C1. The molecule has 1 unspecified atom stereocenters. The Morgan fingerprint density at radius 3 is 2.57 bits per heavy atom. The zero-order valence-corrected chi connectivity index (χ0v) is 12.6. The van der Waals surface area contributed by atoms with Crippen molar-refractivity contribution in [2.75, 3.05) is 39.4 Å². The third kappa shape index (κ3) is 6.53. The number of ether oxygens (including phenoxy) is 1. The largest absolute Gasteiger partial charge is 0.411 e. The summed E-state index contributed by atoms with van der Waals surface area (Å²) in [7, 11) is 0. The van der Waals surface area contributed by atoms with E-state index in [4.69, 9.17) is 4.74 Å². The number of nitrogens with one attached hydrogen (secondary N) is 1. The predicted octanol–water partition coefficient (Wildman–Crippen LogP) is 2.81. The molecule has 0 spiro atoms. The van der Waals surface area contributed by atoms with Gasteiger partial charge in [-0.05, 0) is 38.3 Å². The molecule has 6 heteroatoms. The van der Waals surface area contributed by atoms with E-state index in [0.29, 0.717) is 12.6 Å². The fourth-order valence-corrected chi connectivity index (χ4v) is 3.46. The maximum Gasteiger partial charge on any atom is 0.411 e. The van der Waals surface area contributed by atoms with Gasteiger partial charge < -0.3 is 10.1 Å². The summed E-state index contributed by atoms with van der Waals surface area (Å²) in [4.78, 5) is 2.26. The van der Waals surface area contributed by atoms with E-state index >= 15 is 0 Å². The standard InChI is InChI=1S/C15H27F3N2O/c16-15(17,18)12-21-10-9-20-8-4-7-19-14(11-20)13-5-2-1-3-6-13/h13-14,19H,1-12H2. The summed E-state index contributed by atoms with van der Waals surface area (Å²) >= 11 is 0. The summed E-state index contributed by atoms with van der Waals surface area (Å²) in [6, 6.07) is 0.496. The second-order valence-corrected chi connectivity index (χ2v) is 6.28. The van der Waals surface area contributed by atoms with Crippen LogP contribution in [0.1, 0.15) is 38.5 Å². The minimum absolute atomic E-state index is 0.164. The topological polar surface area (TPSA) is 24.5 Å². The molecule has 1 aliphatic carbocycles. The predicted molar refractivity (Wildman–Crippen MR) is 76.3 cm³/mol. The molecule has 3 nitrogen and oxygen atoms in total. The van der Waals surface area contributed by atoms with Crippen LogP contribution in [0.3, 0.4) is 0 Å². The van der Waals surface area contributed by atoms with Crippen molar-refractivity contribution in [3.8, 4) is 0 Å². The summed E-state index contributed by atoms with van der Waals surface area (Å²) in [6.45, 7) is 2.54. The lowest BCUT2D eigenvalue weighted by Gasteiger charge is -2.32. The first-order chi connectivity index (χ1) is 10.0. The fraction of sp³-hybridized carbons (Fsp3) is 1.00. The minimum atomic E-state index is -4.22. The number of hydrogen-bond donors (Lipinski definition) is 1. The van der Waals surface area contributed by atoms with Crippen molar-refractivity contribution in [3.05, 3.63) is 0 Å². The molecule has 2 fully saturated rings. The number of alkyl halides is 3. The van der Waals surface area contributed by atoms with Gasteiger partial charge in [0.25, 0.3) is 0 Å². The van der Waals surface area contributed by atoms with Crippen LogP contribution in [-0.4, -0.2) is 56.5 Å². The van der Waals surface area contributed by atoms with Crippen LogP contribution in [0.5, 0.6) is 0 Å². The molecule has 0 aromatic rings. The van der Waals surface area contributed by atoms with E-state index < -0.39 is 12.8 Å². The molecule has 21 heavy (non-hydrogen) atoms. The molecule has 1 saturated carbocycles. The molecule has 2 rings (SSSR count). The summed E-state index contributed by atoms with van der Waals surface area (Å²) in [5.74, 6) is 0.732. The van der Waals surface area contributed by atoms with Crippen molar-refractivity contribution in [3.63, 3.8) is 0 Å². The van der Waals surface area contributed by atoms with Gasteiger partial charge in [-0.25, -0.2) is 0 Å². The lowest BCUT2D eigenvalue weighted by molar-refractivity contribution is -0.174. The van der Waals surface area contributed by atoms with E-state index in [1.807, 2.05) is 0 Å². The lowest BCUT2D eigenvalue weighted by Crippen LogP contribution is -2.44. The van der Waals surface area contributed by atoms with Gasteiger partial charge in [-0.1, -0.05) is 19.3 Å².